The molecule has 0 saturated carbocycles. The number of ether oxygens (including phenoxy) is 2. The van der Waals surface area contributed by atoms with Gasteiger partial charge in [-0.05, 0) is 18.6 Å². The highest BCUT2D eigenvalue weighted by Gasteiger charge is 2.39. The smallest absolute Gasteiger partial charge is 0.333 e. The first kappa shape index (κ1) is 14.2. The van der Waals surface area contributed by atoms with Crippen molar-refractivity contribution >= 4 is 17.8 Å². The highest BCUT2D eigenvalue weighted by atomic mass is 16.6. The van der Waals surface area contributed by atoms with Crippen molar-refractivity contribution in [3.8, 4) is 0 Å². The predicted octanol–water partition coefficient (Wildman–Crippen LogP) is 2.16. The van der Waals surface area contributed by atoms with Crippen LogP contribution in [0.4, 0.5) is 0 Å². The molecule has 1 aliphatic rings. The number of rotatable bonds is 6. The van der Waals surface area contributed by atoms with Gasteiger partial charge >= 0.3 is 5.97 Å². The minimum Gasteiger partial charge on any atom is -0.448 e. The molecule has 4 heteroatoms. The van der Waals surface area contributed by atoms with Gasteiger partial charge in [0.2, 0.25) is 0 Å². The summed E-state index contributed by atoms with van der Waals surface area (Å²) >= 11 is 0. The van der Waals surface area contributed by atoms with Crippen LogP contribution in [0.2, 0.25) is 0 Å². The Morgan fingerprint density at radius 1 is 1.40 bits per heavy atom. The van der Waals surface area contributed by atoms with Crippen molar-refractivity contribution in [1.82, 2.24) is 0 Å². The molecule has 20 heavy (non-hydrogen) atoms. The van der Waals surface area contributed by atoms with Gasteiger partial charge in [0.1, 0.15) is 6.10 Å². The molecular formula is C16H16O4. The minimum atomic E-state index is -0.890. The maximum Gasteiger partial charge on any atom is 0.333 e. The molecule has 1 heterocycles. The molecule has 1 aromatic rings. The number of hydrogen-bond donors (Lipinski definition) is 0. The van der Waals surface area contributed by atoms with Gasteiger partial charge in [-0.1, -0.05) is 43.0 Å². The van der Waals surface area contributed by atoms with Gasteiger partial charge in [0.15, 0.2) is 11.9 Å². The first-order valence-electron chi connectivity index (χ1n) is 6.33. The first-order valence-corrected chi connectivity index (χ1v) is 6.33. The van der Waals surface area contributed by atoms with E-state index in [0.717, 1.165) is 5.56 Å². The molecule has 4 nitrogen and oxygen atoms in total. The third-order valence-corrected chi connectivity index (χ3v) is 2.80. The number of esters is 1. The lowest BCUT2D eigenvalue weighted by atomic mass is 10.1. The SMILES string of the molecule is C=C(C)C(=O)OC(C(=O)/C=C/c1ccccc1)C1CO1. The van der Waals surface area contributed by atoms with E-state index in [1.54, 1.807) is 6.08 Å². The Labute approximate surface area is 117 Å². The third-order valence-electron chi connectivity index (χ3n) is 2.80. The van der Waals surface area contributed by atoms with E-state index >= 15 is 0 Å². The molecule has 1 aromatic carbocycles. The summed E-state index contributed by atoms with van der Waals surface area (Å²) in [6.07, 6.45) is 1.87. The van der Waals surface area contributed by atoms with Crippen LogP contribution in [0.3, 0.4) is 0 Å². The fourth-order valence-corrected chi connectivity index (χ4v) is 1.60. The maximum absolute atomic E-state index is 12.1. The zero-order valence-corrected chi connectivity index (χ0v) is 11.2. The first-order chi connectivity index (χ1) is 9.58. The molecule has 2 unspecified atom stereocenters. The van der Waals surface area contributed by atoms with Crippen molar-refractivity contribution in [2.75, 3.05) is 6.61 Å². The Morgan fingerprint density at radius 2 is 2.05 bits per heavy atom. The van der Waals surface area contributed by atoms with E-state index in [-0.39, 0.29) is 17.5 Å². The van der Waals surface area contributed by atoms with Crippen LogP contribution in [-0.2, 0) is 19.1 Å². The molecule has 2 atom stereocenters. The lowest BCUT2D eigenvalue weighted by Gasteiger charge is -2.12. The van der Waals surface area contributed by atoms with Gasteiger partial charge in [-0.3, -0.25) is 4.79 Å². The maximum atomic E-state index is 12.1. The van der Waals surface area contributed by atoms with Crippen LogP contribution >= 0.6 is 0 Å². The van der Waals surface area contributed by atoms with E-state index in [4.69, 9.17) is 9.47 Å². The van der Waals surface area contributed by atoms with Crippen LogP contribution in [0, 0.1) is 0 Å². The van der Waals surface area contributed by atoms with Gasteiger partial charge in [-0.15, -0.1) is 0 Å². The summed E-state index contributed by atoms with van der Waals surface area (Å²) in [4.78, 5) is 23.6. The lowest BCUT2D eigenvalue weighted by molar-refractivity contribution is -0.150. The second kappa shape index (κ2) is 6.30. The summed E-state index contributed by atoms with van der Waals surface area (Å²) < 4.78 is 10.2. The molecule has 0 aromatic heterocycles. The van der Waals surface area contributed by atoms with E-state index < -0.39 is 12.1 Å². The summed E-state index contributed by atoms with van der Waals surface area (Å²) in [6, 6.07) is 9.42. The van der Waals surface area contributed by atoms with Crippen molar-refractivity contribution in [3.05, 3.63) is 54.1 Å². The quantitative estimate of drug-likeness (QED) is 0.452. The molecule has 104 valence electrons. The molecule has 1 saturated heterocycles. The molecule has 0 bridgehead atoms. The minimum absolute atomic E-state index is 0.260. The van der Waals surface area contributed by atoms with Crippen LogP contribution in [0.1, 0.15) is 12.5 Å². The van der Waals surface area contributed by atoms with Crippen molar-refractivity contribution in [1.29, 1.82) is 0 Å². The summed E-state index contributed by atoms with van der Waals surface area (Å²) in [5.74, 6) is -0.863. The molecule has 0 amide bonds. The molecule has 0 spiro atoms. The van der Waals surface area contributed by atoms with E-state index in [1.807, 2.05) is 30.3 Å². The molecule has 0 N–H and O–H groups in total. The highest BCUT2D eigenvalue weighted by molar-refractivity contribution is 5.99. The number of ketones is 1. The normalized spacial score (nSPS) is 18.6. The number of epoxide rings is 1. The number of hydrogen-bond acceptors (Lipinski definition) is 4. The van der Waals surface area contributed by atoms with Gasteiger partial charge in [0, 0.05) is 5.57 Å². The second-order valence-electron chi connectivity index (χ2n) is 4.62. The van der Waals surface area contributed by atoms with E-state index in [1.165, 1.54) is 13.0 Å². The standard InChI is InChI=1S/C16H16O4/c1-11(2)16(18)20-15(14-10-19-14)13(17)9-8-12-6-4-3-5-7-12/h3-9,14-15H,1,10H2,2H3/b9-8+. The van der Waals surface area contributed by atoms with Crippen LogP contribution in [0.5, 0.6) is 0 Å². The Morgan fingerprint density at radius 3 is 2.60 bits per heavy atom. The van der Waals surface area contributed by atoms with Crippen molar-refractivity contribution in [2.45, 2.75) is 19.1 Å². The fourth-order valence-electron chi connectivity index (χ4n) is 1.60. The molecular weight excluding hydrogens is 256 g/mol. The summed E-state index contributed by atoms with van der Waals surface area (Å²) in [5, 5.41) is 0. The van der Waals surface area contributed by atoms with Crippen molar-refractivity contribution in [2.24, 2.45) is 0 Å². The zero-order chi connectivity index (χ0) is 14.5. The largest absolute Gasteiger partial charge is 0.448 e. The summed E-state index contributed by atoms with van der Waals surface area (Å²) in [7, 11) is 0. The molecule has 1 aliphatic heterocycles. The Hall–Kier alpha value is -2.20. The van der Waals surface area contributed by atoms with Crippen LogP contribution in [-0.4, -0.2) is 30.6 Å². The number of carbonyl (C=O) groups is 2. The molecule has 1 fully saturated rings. The molecule has 0 aliphatic carbocycles. The topological polar surface area (TPSA) is 55.9 Å². The molecule has 2 rings (SSSR count). The third kappa shape index (κ3) is 3.90. The van der Waals surface area contributed by atoms with Crippen molar-refractivity contribution < 1.29 is 19.1 Å². The van der Waals surface area contributed by atoms with Gasteiger partial charge in [-0.25, -0.2) is 4.79 Å². The van der Waals surface area contributed by atoms with Gasteiger partial charge in [0.25, 0.3) is 0 Å². The average Bonchev–Trinajstić information content (AvgIpc) is 3.27. The average molecular weight is 272 g/mol. The lowest BCUT2D eigenvalue weighted by Crippen LogP contribution is -2.31. The van der Waals surface area contributed by atoms with E-state index in [2.05, 4.69) is 6.58 Å². The van der Waals surface area contributed by atoms with E-state index in [0.29, 0.717) is 6.61 Å². The number of benzene rings is 1. The van der Waals surface area contributed by atoms with Crippen LogP contribution in [0.15, 0.2) is 48.6 Å². The van der Waals surface area contributed by atoms with E-state index in [9.17, 15) is 9.59 Å². The monoisotopic (exact) mass is 272 g/mol. The van der Waals surface area contributed by atoms with Crippen LogP contribution < -0.4 is 0 Å². The summed E-state index contributed by atoms with van der Waals surface area (Å²) in [6.45, 7) is 5.46. The van der Waals surface area contributed by atoms with Gasteiger partial charge in [0.05, 0.1) is 6.61 Å². The van der Waals surface area contributed by atoms with Crippen LogP contribution in [0.25, 0.3) is 6.08 Å². The summed E-state index contributed by atoms with van der Waals surface area (Å²) in [5.41, 5.74) is 1.16. The molecule has 0 radical (unpaired) electrons. The Balaban J connectivity index is 2.02. The fraction of sp³-hybridized carbons (Fsp3) is 0.250. The Bertz CT molecular complexity index is 541. The second-order valence-corrected chi connectivity index (χ2v) is 4.62. The Kier molecular flexibility index (Phi) is 4.48. The van der Waals surface area contributed by atoms with Gasteiger partial charge in [-0.2, -0.15) is 0 Å². The zero-order valence-electron chi connectivity index (χ0n) is 11.2. The highest BCUT2D eigenvalue weighted by Crippen LogP contribution is 2.20. The predicted molar refractivity (Wildman–Crippen MR) is 74.9 cm³/mol. The number of carbonyl (C=O) groups excluding carboxylic acids is 2. The van der Waals surface area contributed by atoms with Crippen molar-refractivity contribution in [3.63, 3.8) is 0 Å². The van der Waals surface area contributed by atoms with Gasteiger partial charge < -0.3 is 9.47 Å².